The number of rotatable bonds is 8. The van der Waals surface area contributed by atoms with Gasteiger partial charge in [-0.1, -0.05) is 24.3 Å². The van der Waals surface area contributed by atoms with Crippen LogP contribution in [0.15, 0.2) is 47.5 Å². The molecule has 0 aliphatic carbocycles. The summed E-state index contributed by atoms with van der Waals surface area (Å²) in [7, 11) is 1.61. The van der Waals surface area contributed by atoms with Crippen LogP contribution in [0.4, 0.5) is 4.39 Å². The maximum absolute atomic E-state index is 13.6. The van der Waals surface area contributed by atoms with Crippen molar-refractivity contribution in [3.8, 4) is 5.75 Å². The lowest BCUT2D eigenvalue weighted by molar-refractivity contribution is -0.120. The van der Waals surface area contributed by atoms with Gasteiger partial charge in [-0.2, -0.15) is 0 Å². The van der Waals surface area contributed by atoms with E-state index >= 15 is 0 Å². The molecule has 6 nitrogen and oxygen atoms in total. The summed E-state index contributed by atoms with van der Waals surface area (Å²) in [5.74, 6) is 0.881. The van der Waals surface area contributed by atoms with Gasteiger partial charge in [0.05, 0.1) is 20.2 Å². The first kappa shape index (κ1) is 24.7. The third-order valence-electron chi connectivity index (χ3n) is 4.07. The van der Waals surface area contributed by atoms with Crippen molar-refractivity contribution in [3.63, 3.8) is 0 Å². The van der Waals surface area contributed by atoms with Crippen molar-refractivity contribution in [2.75, 3.05) is 20.2 Å². The molecule has 0 heterocycles. The van der Waals surface area contributed by atoms with E-state index in [0.717, 1.165) is 16.9 Å². The van der Waals surface area contributed by atoms with Crippen LogP contribution in [0.25, 0.3) is 0 Å². The molecule has 3 N–H and O–H groups in total. The minimum Gasteiger partial charge on any atom is -0.497 e. The number of nitrogens with one attached hydrogen (secondary N) is 3. The number of halogens is 2. The van der Waals surface area contributed by atoms with Crippen LogP contribution in [-0.2, 0) is 17.9 Å². The SMILES string of the molecule is CCNC(=NCc1ccc(C)c(F)c1)NCC(=O)NCc1ccc(OC)cc1.I. The quantitative estimate of drug-likeness (QED) is 0.288. The topological polar surface area (TPSA) is 74.8 Å². The number of aliphatic imine (C=N–C) groups is 1. The Morgan fingerprint density at radius 2 is 1.76 bits per heavy atom. The molecule has 0 aromatic heterocycles. The number of guanidine groups is 1. The number of benzene rings is 2. The monoisotopic (exact) mass is 514 g/mol. The number of amides is 1. The van der Waals surface area contributed by atoms with Gasteiger partial charge in [-0.25, -0.2) is 9.38 Å². The molecule has 2 rings (SSSR count). The Morgan fingerprint density at radius 1 is 1.07 bits per heavy atom. The number of ether oxygens (including phenoxy) is 1. The first-order chi connectivity index (χ1) is 13.5. The molecule has 2 aromatic carbocycles. The molecule has 29 heavy (non-hydrogen) atoms. The van der Waals surface area contributed by atoms with Crippen LogP contribution in [0, 0.1) is 12.7 Å². The zero-order valence-electron chi connectivity index (χ0n) is 16.9. The van der Waals surface area contributed by atoms with Gasteiger partial charge < -0.3 is 20.7 Å². The highest BCUT2D eigenvalue weighted by Crippen LogP contribution is 2.11. The molecule has 0 aliphatic heterocycles. The predicted molar refractivity (Wildman–Crippen MR) is 124 cm³/mol. The second kappa shape index (κ2) is 13.0. The average molecular weight is 514 g/mol. The first-order valence-corrected chi connectivity index (χ1v) is 9.18. The maximum Gasteiger partial charge on any atom is 0.239 e. The summed E-state index contributed by atoms with van der Waals surface area (Å²) in [4.78, 5) is 16.5. The van der Waals surface area contributed by atoms with Crippen LogP contribution in [0.2, 0.25) is 0 Å². The van der Waals surface area contributed by atoms with Crippen LogP contribution in [0.1, 0.15) is 23.6 Å². The molecule has 158 valence electrons. The third kappa shape index (κ3) is 8.68. The van der Waals surface area contributed by atoms with Gasteiger partial charge in [-0.3, -0.25) is 4.79 Å². The van der Waals surface area contributed by atoms with E-state index in [4.69, 9.17) is 4.74 Å². The number of nitrogens with zero attached hydrogens (tertiary/aromatic N) is 1. The summed E-state index contributed by atoms with van der Waals surface area (Å²) >= 11 is 0. The lowest BCUT2D eigenvalue weighted by Gasteiger charge is -2.12. The molecule has 0 fully saturated rings. The predicted octanol–water partition coefficient (Wildman–Crippen LogP) is 3.13. The van der Waals surface area contributed by atoms with Crippen molar-refractivity contribution in [1.29, 1.82) is 0 Å². The lowest BCUT2D eigenvalue weighted by atomic mass is 10.1. The minimum atomic E-state index is -0.247. The fraction of sp³-hybridized carbons (Fsp3) is 0.333. The molecule has 0 unspecified atom stereocenters. The second-order valence-corrected chi connectivity index (χ2v) is 6.26. The fourth-order valence-electron chi connectivity index (χ4n) is 2.42. The third-order valence-corrected chi connectivity index (χ3v) is 4.07. The first-order valence-electron chi connectivity index (χ1n) is 9.18. The molecule has 8 heteroatoms. The summed E-state index contributed by atoms with van der Waals surface area (Å²) in [6.45, 7) is 5.15. The van der Waals surface area contributed by atoms with Crippen LogP contribution < -0.4 is 20.7 Å². The van der Waals surface area contributed by atoms with Crippen molar-refractivity contribution >= 4 is 35.8 Å². The van der Waals surface area contributed by atoms with E-state index in [1.807, 2.05) is 37.3 Å². The van der Waals surface area contributed by atoms with E-state index in [1.54, 1.807) is 20.1 Å². The summed E-state index contributed by atoms with van der Waals surface area (Å²) in [6, 6.07) is 12.6. The standard InChI is InChI=1S/C21H27FN4O2.HI/c1-4-23-21(25-13-17-6-5-15(2)19(22)11-17)26-14-20(27)24-12-16-7-9-18(28-3)10-8-16;/h5-11H,4,12-14H2,1-3H3,(H,24,27)(H2,23,25,26);1H. The van der Waals surface area contributed by atoms with Crippen LogP contribution in [-0.4, -0.2) is 32.1 Å². The van der Waals surface area contributed by atoms with Gasteiger partial charge in [-0.15, -0.1) is 24.0 Å². The van der Waals surface area contributed by atoms with E-state index < -0.39 is 0 Å². The van der Waals surface area contributed by atoms with Gasteiger partial charge in [0.15, 0.2) is 5.96 Å². The maximum atomic E-state index is 13.6. The number of hydrogen-bond acceptors (Lipinski definition) is 3. The molecule has 0 radical (unpaired) electrons. The van der Waals surface area contributed by atoms with Gasteiger partial charge in [-0.05, 0) is 48.7 Å². The van der Waals surface area contributed by atoms with E-state index in [1.165, 1.54) is 6.07 Å². The van der Waals surface area contributed by atoms with Crippen LogP contribution in [0.3, 0.4) is 0 Å². The van der Waals surface area contributed by atoms with Crippen molar-refractivity contribution in [2.45, 2.75) is 26.9 Å². The number of hydrogen-bond donors (Lipinski definition) is 3. The summed E-state index contributed by atoms with van der Waals surface area (Å²) in [5, 5.41) is 8.90. The summed E-state index contributed by atoms with van der Waals surface area (Å²) < 4.78 is 18.7. The van der Waals surface area contributed by atoms with Crippen molar-refractivity contribution in [1.82, 2.24) is 16.0 Å². The Hall–Kier alpha value is -2.36. The molecule has 0 saturated carbocycles. The van der Waals surface area contributed by atoms with Gasteiger partial charge >= 0.3 is 0 Å². The molecule has 1 amide bonds. The Labute approximate surface area is 188 Å². The molecule has 2 aromatic rings. The zero-order valence-corrected chi connectivity index (χ0v) is 19.3. The number of carbonyl (C=O) groups is 1. The summed E-state index contributed by atoms with van der Waals surface area (Å²) in [6.07, 6.45) is 0. The zero-order chi connectivity index (χ0) is 20.4. The molecule has 0 aliphatic rings. The Kier molecular flexibility index (Phi) is 11.0. The number of aryl methyl sites for hydroxylation is 1. The lowest BCUT2D eigenvalue weighted by Crippen LogP contribution is -2.43. The van der Waals surface area contributed by atoms with E-state index in [0.29, 0.717) is 31.2 Å². The fourth-order valence-corrected chi connectivity index (χ4v) is 2.42. The molecule has 0 spiro atoms. The largest absolute Gasteiger partial charge is 0.497 e. The highest BCUT2D eigenvalue weighted by molar-refractivity contribution is 14.0. The van der Waals surface area contributed by atoms with E-state index in [9.17, 15) is 9.18 Å². The van der Waals surface area contributed by atoms with Crippen molar-refractivity contribution < 1.29 is 13.9 Å². The highest BCUT2D eigenvalue weighted by Gasteiger charge is 2.05. The highest BCUT2D eigenvalue weighted by atomic mass is 127. The van der Waals surface area contributed by atoms with Crippen molar-refractivity contribution in [2.24, 2.45) is 4.99 Å². The van der Waals surface area contributed by atoms with Gasteiger partial charge in [0.1, 0.15) is 11.6 Å². The van der Waals surface area contributed by atoms with Gasteiger partial charge in [0.25, 0.3) is 0 Å². The molecule has 0 bridgehead atoms. The molecular formula is C21H28FIN4O2. The Bertz CT molecular complexity index is 813. The summed E-state index contributed by atoms with van der Waals surface area (Å²) in [5.41, 5.74) is 2.35. The smallest absolute Gasteiger partial charge is 0.239 e. The average Bonchev–Trinajstić information content (AvgIpc) is 2.71. The van der Waals surface area contributed by atoms with Gasteiger partial charge in [0, 0.05) is 13.1 Å². The van der Waals surface area contributed by atoms with E-state index in [2.05, 4.69) is 20.9 Å². The van der Waals surface area contributed by atoms with Crippen molar-refractivity contribution in [3.05, 3.63) is 65.0 Å². The Morgan fingerprint density at radius 3 is 2.38 bits per heavy atom. The number of carbonyl (C=O) groups excluding carboxylic acids is 1. The second-order valence-electron chi connectivity index (χ2n) is 6.26. The molecule has 0 saturated heterocycles. The number of methoxy groups -OCH3 is 1. The van der Waals surface area contributed by atoms with Crippen LogP contribution in [0.5, 0.6) is 5.75 Å². The van der Waals surface area contributed by atoms with Crippen LogP contribution >= 0.6 is 24.0 Å². The normalized spacial score (nSPS) is 10.7. The van der Waals surface area contributed by atoms with E-state index in [-0.39, 0.29) is 42.2 Å². The Balaban J connectivity index is 0.00000420. The molecular weight excluding hydrogens is 486 g/mol. The van der Waals surface area contributed by atoms with Gasteiger partial charge in [0.2, 0.25) is 5.91 Å². The minimum absolute atomic E-state index is 0. The molecule has 0 atom stereocenters.